The highest BCUT2D eigenvalue weighted by atomic mass is 16.4. The highest BCUT2D eigenvalue weighted by molar-refractivity contribution is 6.14. The van der Waals surface area contributed by atoms with Gasteiger partial charge in [-0.05, 0) is 17.5 Å². The Labute approximate surface area is 83.2 Å². The van der Waals surface area contributed by atoms with Gasteiger partial charge in [-0.3, -0.25) is 0 Å². The van der Waals surface area contributed by atoms with Crippen molar-refractivity contribution in [3.63, 3.8) is 0 Å². The van der Waals surface area contributed by atoms with Crippen molar-refractivity contribution in [2.75, 3.05) is 0 Å². The summed E-state index contributed by atoms with van der Waals surface area (Å²) in [6, 6.07) is 7.31. The molecule has 2 nitrogen and oxygen atoms in total. The quantitative estimate of drug-likeness (QED) is 0.582. The predicted molar refractivity (Wildman–Crippen MR) is 57.0 cm³/mol. The van der Waals surface area contributed by atoms with E-state index >= 15 is 0 Å². The SMILES string of the molecule is C=CCc1ccccc1C(=C)C(=O)O. The lowest BCUT2D eigenvalue weighted by atomic mass is 9.99. The third-order valence-corrected chi connectivity index (χ3v) is 1.96. The number of allylic oxidation sites excluding steroid dienone is 1. The molecule has 0 amide bonds. The molecule has 0 aliphatic carbocycles. The van der Waals surface area contributed by atoms with Crippen LogP contribution in [-0.4, -0.2) is 11.1 Å². The van der Waals surface area contributed by atoms with E-state index in [0.29, 0.717) is 12.0 Å². The maximum absolute atomic E-state index is 10.7. The normalized spacial score (nSPS) is 9.43. The summed E-state index contributed by atoms with van der Waals surface area (Å²) in [6.07, 6.45) is 2.40. The lowest BCUT2D eigenvalue weighted by Gasteiger charge is -2.06. The van der Waals surface area contributed by atoms with Crippen LogP contribution in [-0.2, 0) is 11.2 Å². The van der Waals surface area contributed by atoms with Gasteiger partial charge in [0.25, 0.3) is 0 Å². The fourth-order valence-electron chi connectivity index (χ4n) is 1.26. The summed E-state index contributed by atoms with van der Waals surface area (Å²) in [4.78, 5) is 10.7. The predicted octanol–water partition coefficient (Wildman–Crippen LogP) is 2.51. The fraction of sp³-hybridized carbons (Fsp3) is 0.0833. The summed E-state index contributed by atoms with van der Waals surface area (Å²) in [7, 11) is 0. The van der Waals surface area contributed by atoms with Gasteiger partial charge in [-0.15, -0.1) is 6.58 Å². The van der Waals surface area contributed by atoms with Crippen LogP contribution in [0.3, 0.4) is 0 Å². The van der Waals surface area contributed by atoms with Crippen molar-refractivity contribution in [1.82, 2.24) is 0 Å². The van der Waals surface area contributed by atoms with Crippen molar-refractivity contribution in [2.24, 2.45) is 0 Å². The number of rotatable bonds is 4. The first-order valence-electron chi connectivity index (χ1n) is 4.28. The molecule has 2 heteroatoms. The topological polar surface area (TPSA) is 37.3 Å². The monoisotopic (exact) mass is 188 g/mol. The lowest BCUT2D eigenvalue weighted by Crippen LogP contribution is -2.01. The van der Waals surface area contributed by atoms with Crippen molar-refractivity contribution >= 4 is 11.5 Å². The van der Waals surface area contributed by atoms with Gasteiger partial charge in [0.1, 0.15) is 0 Å². The number of benzene rings is 1. The van der Waals surface area contributed by atoms with Gasteiger partial charge in [0, 0.05) is 0 Å². The van der Waals surface area contributed by atoms with E-state index < -0.39 is 5.97 Å². The third-order valence-electron chi connectivity index (χ3n) is 1.96. The molecule has 0 unspecified atom stereocenters. The Morgan fingerprint density at radius 1 is 1.43 bits per heavy atom. The Balaban J connectivity index is 3.12. The average molecular weight is 188 g/mol. The summed E-state index contributed by atoms with van der Waals surface area (Å²) in [5.41, 5.74) is 1.75. The molecule has 0 saturated heterocycles. The molecule has 72 valence electrons. The van der Waals surface area contributed by atoms with Crippen LogP contribution in [0.2, 0.25) is 0 Å². The van der Waals surface area contributed by atoms with Gasteiger partial charge in [-0.2, -0.15) is 0 Å². The van der Waals surface area contributed by atoms with E-state index in [4.69, 9.17) is 5.11 Å². The molecule has 14 heavy (non-hydrogen) atoms. The minimum absolute atomic E-state index is 0.127. The van der Waals surface area contributed by atoms with Crippen molar-refractivity contribution in [3.8, 4) is 0 Å². The van der Waals surface area contributed by atoms with Crippen LogP contribution >= 0.6 is 0 Å². The van der Waals surface area contributed by atoms with E-state index in [1.165, 1.54) is 0 Å². The zero-order valence-electron chi connectivity index (χ0n) is 7.86. The Hall–Kier alpha value is -1.83. The van der Waals surface area contributed by atoms with Crippen LogP contribution in [0.1, 0.15) is 11.1 Å². The fourth-order valence-corrected chi connectivity index (χ4v) is 1.26. The van der Waals surface area contributed by atoms with E-state index in [1.807, 2.05) is 12.1 Å². The molecule has 0 fully saturated rings. The number of hydrogen-bond donors (Lipinski definition) is 1. The van der Waals surface area contributed by atoms with Gasteiger partial charge in [-0.1, -0.05) is 36.9 Å². The minimum atomic E-state index is -0.985. The highest BCUT2D eigenvalue weighted by Gasteiger charge is 2.09. The maximum Gasteiger partial charge on any atom is 0.335 e. The molecule has 0 atom stereocenters. The second-order valence-electron chi connectivity index (χ2n) is 2.93. The summed E-state index contributed by atoms with van der Waals surface area (Å²) >= 11 is 0. The Morgan fingerprint density at radius 2 is 2.07 bits per heavy atom. The maximum atomic E-state index is 10.7. The summed E-state index contributed by atoms with van der Waals surface area (Å²) in [5, 5.41) is 8.80. The molecule has 1 N–H and O–H groups in total. The first kappa shape index (κ1) is 10.3. The molecular formula is C12H12O2. The third kappa shape index (κ3) is 2.10. The Morgan fingerprint density at radius 3 is 2.64 bits per heavy atom. The Bertz CT molecular complexity index is 378. The second kappa shape index (κ2) is 4.42. The molecule has 0 heterocycles. The van der Waals surface area contributed by atoms with Crippen LogP contribution < -0.4 is 0 Å². The average Bonchev–Trinajstić information content (AvgIpc) is 2.18. The molecule has 1 aromatic carbocycles. The van der Waals surface area contributed by atoms with E-state index in [9.17, 15) is 4.79 Å². The molecular weight excluding hydrogens is 176 g/mol. The van der Waals surface area contributed by atoms with Crippen molar-refractivity contribution in [1.29, 1.82) is 0 Å². The van der Waals surface area contributed by atoms with Crippen LogP contribution in [0.5, 0.6) is 0 Å². The standard InChI is InChI=1S/C12H12O2/c1-3-6-10-7-4-5-8-11(10)9(2)12(13)14/h3-5,7-8H,1-2,6H2,(H,13,14). The van der Waals surface area contributed by atoms with Crippen molar-refractivity contribution in [3.05, 3.63) is 54.6 Å². The van der Waals surface area contributed by atoms with Gasteiger partial charge in [0.2, 0.25) is 0 Å². The number of aliphatic carboxylic acids is 1. The molecule has 0 bridgehead atoms. The van der Waals surface area contributed by atoms with E-state index in [0.717, 1.165) is 5.56 Å². The van der Waals surface area contributed by atoms with Gasteiger partial charge >= 0.3 is 5.97 Å². The van der Waals surface area contributed by atoms with Gasteiger partial charge in [0.05, 0.1) is 5.57 Å². The van der Waals surface area contributed by atoms with Gasteiger partial charge in [0.15, 0.2) is 0 Å². The molecule has 1 rings (SSSR count). The minimum Gasteiger partial charge on any atom is -0.478 e. The molecule has 1 aromatic rings. The van der Waals surface area contributed by atoms with Crippen molar-refractivity contribution < 1.29 is 9.90 Å². The first-order valence-corrected chi connectivity index (χ1v) is 4.28. The van der Waals surface area contributed by atoms with Gasteiger partial charge < -0.3 is 5.11 Å². The van der Waals surface area contributed by atoms with Crippen LogP contribution in [0.25, 0.3) is 5.57 Å². The van der Waals surface area contributed by atoms with E-state index in [1.54, 1.807) is 18.2 Å². The zero-order valence-corrected chi connectivity index (χ0v) is 7.86. The zero-order chi connectivity index (χ0) is 10.6. The summed E-state index contributed by atoms with van der Waals surface area (Å²) in [5.74, 6) is -0.985. The largest absolute Gasteiger partial charge is 0.478 e. The smallest absolute Gasteiger partial charge is 0.335 e. The molecule has 0 saturated carbocycles. The van der Waals surface area contributed by atoms with Crippen LogP contribution in [0.15, 0.2) is 43.5 Å². The molecule has 0 spiro atoms. The summed E-state index contributed by atoms with van der Waals surface area (Å²) < 4.78 is 0. The highest BCUT2D eigenvalue weighted by Crippen LogP contribution is 2.18. The number of carboxylic acids is 1. The number of carbonyl (C=O) groups is 1. The van der Waals surface area contributed by atoms with Crippen molar-refractivity contribution in [2.45, 2.75) is 6.42 Å². The van der Waals surface area contributed by atoms with Crippen LogP contribution in [0.4, 0.5) is 0 Å². The second-order valence-corrected chi connectivity index (χ2v) is 2.93. The molecule has 0 radical (unpaired) electrons. The molecule has 0 aliphatic rings. The lowest BCUT2D eigenvalue weighted by molar-refractivity contribution is -0.130. The van der Waals surface area contributed by atoms with Gasteiger partial charge in [-0.25, -0.2) is 4.79 Å². The summed E-state index contributed by atoms with van der Waals surface area (Å²) in [6.45, 7) is 7.16. The first-order chi connectivity index (χ1) is 6.66. The number of carboxylic acid groups (broad SMARTS) is 1. The van der Waals surface area contributed by atoms with E-state index in [2.05, 4.69) is 13.2 Å². The Kier molecular flexibility index (Phi) is 3.24. The molecule has 0 aromatic heterocycles. The van der Waals surface area contributed by atoms with Crippen LogP contribution in [0, 0.1) is 0 Å². The van der Waals surface area contributed by atoms with E-state index in [-0.39, 0.29) is 5.57 Å². The number of hydrogen-bond acceptors (Lipinski definition) is 1. The molecule has 0 aliphatic heterocycles.